The van der Waals surface area contributed by atoms with Crippen LogP contribution in [-0.4, -0.2) is 77.5 Å². The number of amides is 1. The molecule has 8 rings (SSSR count). The molecule has 4 aliphatic rings. The second-order valence-corrected chi connectivity index (χ2v) is 17.1. The highest BCUT2D eigenvalue weighted by Gasteiger charge is 2.51. The number of hydrogen-bond donors (Lipinski definition) is 2. The molecule has 4 aromatic rings. The van der Waals surface area contributed by atoms with Gasteiger partial charge >= 0.3 is 11.8 Å². The number of Topliss-reactive ketones (excluding diaryl/α,β-unsaturated/α-hetero) is 2. The number of phenolic OH excluding ortho intramolecular Hbond substituents is 1. The predicted octanol–water partition coefficient (Wildman–Crippen LogP) is 8.08. The molecule has 1 amide bonds. The number of carbonyl (C=O) groups is 4. The number of unbranched alkanes of at least 4 members (excludes halogenated alkanes) is 1. The number of nitrogens with one attached hydrogen (secondary N) is 1. The van der Waals surface area contributed by atoms with Crippen LogP contribution in [0.3, 0.4) is 0 Å². The lowest BCUT2D eigenvalue weighted by molar-refractivity contribution is -0.163. The molecule has 0 spiro atoms. The number of methoxy groups -OCH3 is 1. The van der Waals surface area contributed by atoms with Crippen molar-refractivity contribution in [1.82, 2.24) is 4.98 Å². The van der Waals surface area contributed by atoms with Crippen LogP contribution in [0.1, 0.15) is 70.3 Å². The van der Waals surface area contributed by atoms with Gasteiger partial charge in [0.1, 0.15) is 34.3 Å². The van der Waals surface area contributed by atoms with Crippen LogP contribution in [0.4, 0.5) is 5.69 Å². The van der Waals surface area contributed by atoms with E-state index in [0.717, 1.165) is 12.8 Å². The molecule has 8 atom stereocenters. The van der Waals surface area contributed by atoms with E-state index in [9.17, 15) is 29.1 Å². The zero-order valence-electron chi connectivity index (χ0n) is 36.2. The highest BCUT2D eigenvalue weighted by atomic mass is 79.9. The van der Waals surface area contributed by atoms with E-state index in [1.165, 1.54) is 46.3 Å². The Hall–Kier alpha value is -5.84. The molecule has 0 radical (unpaired) electrons. The number of aromatic hydroxyl groups is 1. The fourth-order valence-corrected chi connectivity index (χ4v) is 8.75. The summed E-state index contributed by atoms with van der Waals surface area (Å²) in [6, 6.07) is 3.36. The molecule has 1 aromatic heterocycles. The fraction of sp³-hybridized carbons (Fsp3) is 0.404. The first-order valence-electron chi connectivity index (χ1n) is 20.6. The topological polar surface area (TPSA) is 199 Å². The summed E-state index contributed by atoms with van der Waals surface area (Å²) in [5.74, 6) is -6.71. The highest BCUT2D eigenvalue weighted by Crippen LogP contribution is 2.49. The SMILES string of the molecule is C=C[C@H]1[C@@H](OC(C)=O)[C@@H]2O[C@@H]([C@@H](C)/C=C/C=C(/C)C(=O)Nc3c(O)c4c(=O)c(C)c5c(c4c4nc6c(OCCCC)cc(Br)cc6oc34)C(=O)[C@@](C)(O/C=C/[C@@H]1OC)O5)[C@@H](C)C2=O. The second-order valence-electron chi connectivity index (χ2n) is 16.1. The van der Waals surface area contributed by atoms with E-state index in [1.54, 1.807) is 44.2 Å². The molecule has 332 valence electrons. The van der Waals surface area contributed by atoms with Crippen LogP contribution < -0.4 is 20.2 Å². The van der Waals surface area contributed by atoms with Crippen LogP contribution in [0.25, 0.3) is 33.0 Å². The van der Waals surface area contributed by atoms with Crippen molar-refractivity contribution in [3.8, 4) is 17.2 Å². The Bertz CT molecular complexity index is 2740. The number of carbonyl (C=O) groups excluding carboxylic acids is 4. The van der Waals surface area contributed by atoms with Crippen molar-refractivity contribution in [2.75, 3.05) is 19.0 Å². The number of anilines is 1. The maximum atomic E-state index is 14.8. The summed E-state index contributed by atoms with van der Waals surface area (Å²) < 4.78 is 43.5. The van der Waals surface area contributed by atoms with Gasteiger partial charge in [0.25, 0.3) is 11.7 Å². The van der Waals surface area contributed by atoms with Gasteiger partial charge in [0.05, 0.1) is 36.0 Å². The Labute approximate surface area is 371 Å². The maximum absolute atomic E-state index is 14.8. The average molecular weight is 930 g/mol. The Balaban J connectivity index is 1.48. The van der Waals surface area contributed by atoms with E-state index < -0.39 is 70.9 Å². The second kappa shape index (κ2) is 17.7. The first kappa shape index (κ1) is 45.2. The molecule has 1 fully saturated rings. The number of hydrogen-bond acceptors (Lipinski definition) is 14. The summed E-state index contributed by atoms with van der Waals surface area (Å²) in [4.78, 5) is 74.5. The van der Waals surface area contributed by atoms with E-state index in [0.29, 0.717) is 16.8 Å². The highest BCUT2D eigenvalue weighted by molar-refractivity contribution is 9.10. The van der Waals surface area contributed by atoms with Gasteiger partial charge < -0.3 is 43.3 Å². The van der Waals surface area contributed by atoms with Gasteiger partial charge in [-0.2, -0.15) is 0 Å². The molecular formula is C47H49BrN2O13. The van der Waals surface area contributed by atoms with E-state index in [1.807, 2.05) is 13.8 Å². The lowest BCUT2D eigenvalue weighted by Gasteiger charge is -2.32. The predicted molar refractivity (Wildman–Crippen MR) is 237 cm³/mol. The van der Waals surface area contributed by atoms with Gasteiger partial charge in [-0.25, -0.2) is 4.98 Å². The summed E-state index contributed by atoms with van der Waals surface area (Å²) in [5.41, 5.74) is -0.664. The van der Waals surface area contributed by atoms with Crippen LogP contribution in [0.15, 0.2) is 74.6 Å². The summed E-state index contributed by atoms with van der Waals surface area (Å²) in [6.07, 6.45) is 6.74. The zero-order chi connectivity index (χ0) is 45.7. The Morgan fingerprint density at radius 2 is 1.86 bits per heavy atom. The van der Waals surface area contributed by atoms with Crippen LogP contribution in [0.5, 0.6) is 17.2 Å². The minimum absolute atomic E-state index is 0.0245. The molecule has 15 nitrogen and oxygen atoms in total. The van der Waals surface area contributed by atoms with Gasteiger partial charge in [-0.15, -0.1) is 6.58 Å². The van der Waals surface area contributed by atoms with Gasteiger partial charge in [-0.1, -0.05) is 67.4 Å². The lowest BCUT2D eigenvalue weighted by Crippen LogP contribution is -2.45. The van der Waals surface area contributed by atoms with Crippen LogP contribution >= 0.6 is 15.9 Å². The number of esters is 1. The van der Waals surface area contributed by atoms with Crippen molar-refractivity contribution >= 4 is 78.0 Å². The normalized spacial score (nSPS) is 28.2. The van der Waals surface area contributed by atoms with E-state index in [-0.39, 0.29) is 72.8 Å². The third-order valence-electron chi connectivity index (χ3n) is 11.8. The number of halogens is 1. The minimum Gasteiger partial charge on any atom is -0.505 e. The van der Waals surface area contributed by atoms with Crippen molar-refractivity contribution in [3.63, 3.8) is 0 Å². The summed E-state index contributed by atoms with van der Waals surface area (Å²) >= 11 is 3.51. The maximum Gasteiger partial charge on any atom is 0.312 e. The van der Waals surface area contributed by atoms with Crippen molar-refractivity contribution in [3.05, 3.63) is 86.7 Å². The smallest absolute Gasteiger partial charge is 0.312 e. The van der Waals surface area contributed by atoms with Gasteiger partial charge in [-0.05, 0) is 38.5 Å². The minimum atomic E-state index is -2.09. The van der Waals surface area contributed by atoms with Crippen molar-refractivity contribution < 1.29 is 57.1 Å². The number of rotatable bonds is 7. The van der Waals surface area contributed by atoms with Crippen LogP contribution in [0.2, 0.25) is 0 Å². The molecule has 16 heteroatoms. The number of benzene rings is 3. The molecular weight excluding hydrogens is 880 g/mol. The number of ketones is 2. The fourth-order valence-electron chi connectivity index (χ4n) is 8.33. The average Bonchev–Trinajstić information content (AvgIpc) is 3.68. The van der Waals surface area contributed by atoms with E-state index >= 15 is 0 Å². The molecule has 0 unspecified atom stereocenters. The molecule has 1 saturated heterocycles. The third-order valence-corrected chi connectivity index (χ3v) is 12.2. The first-order valence-corrected chi connectivity index (χ1v) is 21.4. The summed E-state index contributed by atoms with van der Waals surface area (Å²) in [5, 5.41) is 14.4. The number of aromatic nitrogens is 1. The molecule has 7 bridgehead atoms. The number of phenols is 1. The molecule has 0 saturated carbocycles. The molecule has 3 aromatic carbocycles. The van der Waals surface area contributed by atoms with E-state index in [4.69, 9.17) is 37.8 Å². The number of fused-ring (bicyclic) bond motifs is 9. The van der Waals surface area contributed by atoms with Gasteiger partial charge in [-0.3, -0.25) is 24.0 Å². The van der Waals surface area contributed by atoms with E-state index in [2.05, 4.69) is 27.8 Å². The van der Waals surface area contributed by atoms with Crippen LogP contribution in [0, 0.1) is 24.7 Å². The molecule has 2 N–H and O–H groups in total. The van der Waals surface area contributed by atoms with Gasteiger partial charge in [0.15, 0.2) is 34.2 Å². The van der Waals surface area contributed by atoms with Gasteiger partial charge in [0.2, 0.25) is 0 Å². The molecule has 63 heavy (non-hydrogen) atoms. The molecule has 4 aliphatic heterocycles. The van der Waals surface area contributed by atoms with Crippen LogP contribution in [-0.2, 0) is 33.3 Å². The summed E-state index contributed by atoms with van der Waals surface area (Å²) in [6.45, 7) is 15.5. The molecule has 0 aliphatic carbocycles. The van der Waals surface area contributed by atoms with Crippen molar-refractivity contribution in [2.24, 2.45) is 17.8 Å². The third kappa shape index (κ3) is 8.04. The summed E-state index contributed by atoms with van der Waals surface area (Å²) in [7, 11) is 1.40. The largest absolute Gasteiger partial charge is 0.505 e. The molecule has 5 heterocycles. The number of allylic oxidation sites excluding steroid dienone is 2. The Morgan fingerprint density at radius 3 is 2.54 bits per heavy atom. The lowest BCUT2D eigenvalue weighted by atomic mass is 9.86. The number of ether oxygens (including phenoxy) is 6. The zero-order valence-corrected chi connectivity index (χ0v) is 37.7. The van der Waals surface area contributed by atoms with Crippen molar-refractivity contribution in [2.45, 2.75) is 91.5 Å². The first-order chi connectivity index (χ1) is 30.0. The quantitative estimate of drug-likeness (QED) is 0.0450. The van der Waals surface area contributed by atoms with Crippen molar-refractivity contribution in [1.29, 1.82) is 0 Å². The standard InChI is InChI=1S/C47H49BrN2O13/c1-10-12-17-58-29-19-26(48)20-30-34(29)49-35-31-32-37(52)23(5)41-33(31)45(55)47(8,63-41)59-18-16-28(57-9)27(11-2)42(60-25(7)51)44-38(53)24(6)40(62-44)21(3)14-13-15-22(4)46(56)50-36(39(32)54)43(35)61-30/h11,13-16,18-21,24,27-28,40,42,44,54H,2,10,12,17H2,1,3-9H3,(H,50,56)/b14-13+,18-16+,22-15-/t21-,24-,27+,28-,40-,42+,44+,47-/m0/s1. The monoisotopic (exact) mass is 928 g/mol. The number of nitrogens with zero attached hydrogens (tertiary/aromatic N) is 1. The van der Waals surface area contributed by atoms with Gasteiger partial charge in [0, 0.05) is 59.7 Å². The Kier molecular flexibility index (Phi) is 12.7. The Morgan fingerprint density at radius 1 is 1.11 bits per heavy atom.